The highest BCUT2D eigenvalue weighted by molar-refractivity contribution is 6.00. The topological polar surface area (TPSA) is 77.0 Å². The van der Waals surface area contributed by atoms with Gasteiger partial charge in [-0.3, -0.25) is 9.89 Å². The van der Waals surface area contributed by atoms with Gasteiger partial charge in [0.15, 0.2) is 6.61 Å². The summed E-state index contributed by atoms with van der Waals surface area (Å²) >= 11 is 0. The quantitative estimate of drug-likeness (QED) is 0.544. The Kier molecular flexibility index (Phi) is 5.02. The molecule has 2 heterocycles. The maximum Gasteiger partial charge on any atom is 0.356 e. The van der Waals surface area contributed by atoms with E-state index in [-0.39, 0.29) is 18.1 Å². The van der Waals surface area contributed by atoms with Crippen molar-refractivity contribution >= 4 is 11.8 Å². The second kappa shape index (κ2) is 7.39. The van der Waals surface area contributed by atoms with Gasteiger partial charge in [0.05, 0.1) is 5.69 Å². The van der Waals surface area contributed by atoms with Gasteiger partial charge in [0, 0.05) is 29.1 Å². The summed E-state index contributed by atoms with van der Waals surface area (Å²) in [6.45, 7) is 6.37. The SMILES string of the molecule is CCn1c(C)cc(C(=O)COC(=O)c2cc(-c3ccccc3)n[nH]2)c1C. The number of ether oxygens (including phenoxy) is 1. The first-order valence-electron chi connectivity index (χ1n) is 8.49. The zero-order valence-corrected chi connectivity index (χ0v) is 15.1. The van der Waals surface area contributed by atoms with E-state index in [0.717, 1.165) is 23.5 Å². The monoisotopic (exact) mass is 351 g/mol. The standard InChI is InChI=1S/C20H21N3O3/c1-4-23-13(2)10-16(14(23)3)19(24)12-26-20(25)18-11-17(21-22-18)15-8-6-5-7-9-15/h5-11H,4,12H2,1-3H3,(H,21,22). The first-order chi connectivity index (χ1) is 12.5. The number of H-pyrrole nitrogens is 1. The van der Waals surface area contributed by atoms with Crippen molar-refractivity contribution in [2.75, 3.05) is 6.61 Å². The van der Waals surface area contributed by atoms with Gasteiger partial charge >= 0.3 is 5.97 Å². The summed E-state index contributed by atoms with van der Waals surface area (Å²) in [5, 5.41) is 6.78. The summed E-state index contributed by atoms with van der Waals surface area (Å²) in [5.74, 6) is -0.814. The second-order valence-corrected chi connectivity index (χ2v) is 6.06. The van der Waals surface area contributed by atoms with Crippen molar-refractivity contribution in [3.63, 3.8) is 0 Å². The molecule has 6 nitrogen and oxygen atoms in total. The van der Waals surface area contributed by atoms with E-state index in [1.165, 1.54) is 0 Å². The van der Waals surface area contributed by atoms with E-state index in [9.17, 15) is 9.59 Å². The van der Waals surface area contributed by atoms with Crippen molar-refractivity contribution < 1.29 is 14.3 Å². The fraction of sp³-hybridized carbons (Fsp3) is 0.250. The Morgan fingerprint density at radius 1 is 1.15 bits per heavy atom. The lowest BCUT2D eigenvalue weighted by Gasteiger charge is -2.06. The van der Waals surface area contributed by atoms with E-state index in [1.807, 2.05) is 57.2 Å². The van der Waals surface area contributed by atoms with Gasteiger partial charge in [0.25, 0.3) is 0 Å². The number of rotatable bonds is 6. The molecule has 6 heteroatoms. The van der Waals surface area contributed by atoms with Gasteiger partial charge in [-0.2, -0.15) is 5.10 Å². The molecular weight excluding hydrogens is 330 g/mol. The minimum atomic E-state index is -0.600. The van der Waals surface area contributed by atoms with Crippen molar-refractivity contribution in [3.8, 4) is 11.3 Å². The number of ketones is 1. The molecule has 0 radical (unpaired) electrons. The van der Waals surface area contributed by atoms with E-state index in [1.54, 1.807) is 6.07 Å². The Bertz CT molecular complexity index is 939. The molecule has 134 valence electrons. The second-order valence-electron chi connectivity index (χ2n) is 6.06. The van der Waals surface area contributed by atoms with Crippen molar-refractivity contribution in [3.05, 3.63) is 65.1 Å². The van der Waals surface area contributed by atoms with Crippen molar-refractivity contribution in [1.82, 2.24) is 14.8 Å². The van der Waals surface area contributed by atoms with Crippen LogP contribution in [0.5, 0.6) is 0 Å². The lowest BCUT2D eigenvalue weighted by Crippen LogP contribution is -2.15. The van der Waals surface area contributed by atoms with Gasteiger partial charge in [0.1, 0.15) is 5.69 Å². The summed E-state index contributed by atoms with van der Waals surface area (Å²) in [6.07, 6.45) is 0. The van der Waals surface area contributed by atoms with E-state index in [2.05, 4.69) is 14.8 Å². The van der Waals surface area contributed by atoms with Crippen LogP contribution in [0.2, 0.25) is 0 Å². The molecule has 0 fully saturated rings. The average molecular weight is 351 g/mol. The molecule has 0 aliphatic carbocycles. The van der Waals surface area contributed by atoms with E-state index < -0.39 is 5.97 Å². The van der Waals surface area contributed by atoms with Crippen LogP contribution in [-0.2, 0) is 11.3 Å². The van der Waals surface area contributed by atoms with Gasteiger partial charge < -0.3 is 9.30 Å². The molecule has 3 rings (SSSR count). The molecule has 3 aromatic rings. The highest BCUT2D eigenvalue weighted by atomic mass is 16.5. The Morgan fingerprint density at radius 3 is 2.54 bits per heavy atom. The van der Waals surface area contributed by atoms with Crippen molar-refractivity contribution in [2.24, 2.45) is 0 Å². The first kappa shape index (κ1) is 17.7. The Morgan fingerprint density at radius 2 is 1.88 bits per heavy atom. The number of aryl methyl sites for hydroxylation is 1. The molecule has 0 spiro atoms. The maximum absolute atomic E-state index is 12.4. The summed E-state index contributed by atoms with van der Waals surface area (Å²) in [6, 6.07) is 13.0. The van der Waals surface area contributed by atoms with Gasteiger partial charge in [-0.25, -0.2) is 4.79 Å². The van der Waals surface area contributed by atoms with Crippen LogP contribution in [-0.4, -0.2) is 33.1 Å². The molecule has 1 aromatic carbocycles. The van der Waals surface area contributed by atoms with Crippen LogP contribution in [0.4, 0.5) is 0 Å². The third-order valence-corrected chi connectivity index (χ3v) is 4.39. The molecule has 0 saturated heterocycles. The number of nitrogens with zero attached hydrogens (tertiary/aromatic N) is 2. The minimum absolute atomic E-state index is 0.214. The summed E-state index contributed by atoms with van der Waals surface area (Å²) < 4.78 is 7.21. The number of hydrogen-bond acceptors (Lipinski definition) is 4. The number of aromatic amines is 1. The number of esters is 1. The lowest BCUT2D eigenvalue weighted by molar-refractivity contribution is 0.0468. The Hall–Kier alpha value is -3.15. The number of aromatic nitrogens is 3. The minimum Gasteiger partial charge on any atom is -0.453 e. The zero-order chi connectivity index (χ0) is 18.7. The number of carbonyl (C=O) groups is 2. The predicted octanol–water partition coefficient (Wildman–Crippen LogP) is 3.55. The highest BCUT2D eigenvalue weighted by Gasteiger charge is 2.18. The molecule has 0 bridgehead atoms. The van der Waals surface area contributed by atoms with Crippen LogP contribution in [0.15, 0.2) is 42.5 Å². The number of nitrogens with one attached hydrogen (secondary N) is 1. The third kappa shape index (κ3) is 3.44. The summed E-state index contributed by atoms with van der Waals surface area (Å²) in [7, 11) is 0. The third-order valence-electron chi connectivity index (χ3n) is 4.39. The molecule has 0 unspecified atom stereocenters. The smallest absolute Gasteiger partial charge is 0.356 e. The summed E-state index contributed by atoms with van der Waals surface area (Å²) in [5.41, 5.74) is 4.25. The Labute approximate surface area is 151 Å². The molecule has 0 atom stereocenters. The molecule has 0 saturated carbocycles. The average Bonchev–Trinajstić information content (AvgIpc) is 3.25. The Balaban J connectivity index is 1.66. The van der Waals surface area contributed by atoms with Crippen LogP contribution in [0.1, 0.15) is 39.2 Å². The van der Waals surface area contributed by atoms with Crippen LogP contribution < -0.4 is 0 Å². The molecule has 0 aliphatic heterocycles. The molecule has 26 heavy (non-hydrogen) atoms. The van der Waals surface area contributed by atoms with Crippen LogP contribution in [0.3, 0.4) is 0 Å². The molecule has 1 N–H and O–H groups in total. The number of benzene rings is 1. The number of carbonyl (C=O) groups excluding carboxylic acids is 2. The zero-order valence-electron chi connectivity index (χ0n) is 15.1. The molecule has 0 amide bonds. The number of hydrogen-bond donors (Lipinski definition) is 1. The number of Topliss-reactive ketones (excluding diaryl/α,β-unsaturated/α-hetero) is 1. The molecule has 0 aliphatic rings. The van der Waals surface area contributed by atoms with E-state index in [0.29, 0.717) is 11.3 Å². The van der Waals surface area contributed by atoms with Gasteiger partial charge in [-0.15, -0.1) is 0 Å². The molecule has 2 aromatic heterocycles. The fourth-order valence-electron chi connectivity index (χ4n) is 3.04. The van der Waals surface area contributed by atoms with Crippen LogP contribution >= 0.6 is 0 Å². The van der Waals surface area contributed by atoms with Gasteiger partial charge in [-0.05, 0) is 32.9 Å². The van der Waals surface area contributed by atoms with E-state index in [4.69, 9.17) is 4.74 Å². The van der Waals surface area contributed by atoms with Gasteiger partial charge in [0.2, 0.25) is 5.78 Å². The molecular formula is C20H21N3O3. The maximum atomic E-state index is 12.4. The summed E-state index contributed by atoms with van der Waals surface area (Å²) in [4.78, 5) is 24.6. The predicted molar refractivity (Wildman–Crippen MR) is 98.2 cm³/mol. The normalized spacial score (nSPS) is 10.7. The van der Waals surface area contributed by atoms with E-state index >= 15 is 0 Å². The fourth-order valence-corrected chi connectivity index (χ4v) is 3.04. The highest BCUT2D eigenvalue weighted by Crippen LogP contribution is 2.18. The van der Waals surface area contributed by atoms with Crippen molar-refractivity contribution in [2.45, 2.75) is 27.3 Å². The first-order valence-corrected chi connectivity index (χ1v) is 8.49. The van der Waals surface area contributed by atoms with Crippen LogP contribution in [0.25, 0.3) is 11.3 Å². The van der Waals surface area contributed by atoms with Crippen molar-refractivity contribution in [1.29, 1.82) is 0 Å². The lowest BCUT2D eigenvalue weighted by atomic mass is 10.1. The van der Waals surface area contributed by atoms with Crippen LogP contribution in [0, 0.1) is 13.8 Å². The van der Waals surface area contributed by atoms with Gasteiger partial charge in [-0.1, -0.05) is 30.3 Å². The largest absolute Gasteiger partial charge is 0.453 e.